The number of hydrogen-bond donors (Lipinski definition) is 1. The van der Waals surface area contributed by atoms with Crippen LogP contribution < -0.4 is 5.32 Å². The average molecular weight is 383 g/mol. The van der Waals surface area contributed by atoms with E-state index < -0.39 is 0 Å². The van der Waals surface area contributed by atoms with Gasteiger partial charge in [0, 0.05) is 24.4 Å². The molecule has 2 aromatic rings. The van der Waals surface area contributed by atoms with E-state index in [0.29, 0.717) is 24.7 Å². The Morgan fingerprint density at radius 3 is 2.71 bits per heavy atom. The van der Waals surface area contributed by atoms with Gasteiger partial charge in [-0.3, -0.25) is 4.79 Å². The molecule has 2 aliphatic carbocycles. The van der Waals surface area contributed by atoms with Crippen molar-refractivity contribution in [1.29, 1.82) is 0 Å². The first-order valence-corrected chi connectivity index (χ1v) is 10.8. The van der Waals surface area contributed by atoms with E-state index in [-0.39, 0.29) is 5.91 Å². The first-order chi connectivity index (χ1) is 13.7. The van der Waals surface area contributed by atoms with Gasteiger partial charge in [-0.05, 0) is 51.0 Å². The smallest absolute Gasteiger partial charge is 0.273 e. The van der Waals surface area contributed by atoms with E-state index in [0.717, 1.165) is 37.2 Å². The number of aryl methyl sites for hydroxylation is 2. The molecule has 2 aromatic heterocycles. The van der Waals surface area contributed by atoms with Gasteiger partial charge in [-0.1, -0.05) is 30.9 Å². The van der Waals surface area contributed by atoms with Gasteiger partial charge in [-0.15, -0.1) is 5.10 Å². The van der Waals surface area contributed by atoms with E-state index in [4.69, 9.17) is 4.98 Å². The summed E-state index contributed by atoms with van der Waals surface area (Å²) in [5.41, 5.74) is 4.02. The maximum Gasteiger partial charge on any atom is 0.273 e. The molecule has 1 fully saturated rings. The molecule has 1 amide bonds. The van der Waals surface area contributed by atoms with Crippen LogP contribution in [0.15, 0.2) is 6.20 Å². The Kier molecular flexibility index (Phi) is 5.98. The van der Waals surface area contributed by atoms with Gasteiger partial charge in [0.25, 0.3) is 5.91 Å². The average Bonchev–Trinajstić information content (AvgIpc) is 3.04. The fraction of sp³-hybridized carbons (Fsp3) is 0.667. The molecule has 0 spiro atoms. The highest BCUT2D eigenvalue weighted by molar-refractivity contribution is 5.91. The predicted octanol–water partition coefficient (Wildman–Crippen LogP) is 3.12. The second kappa shape index (κ2) is 8.80. The zero-order valence-corrected chi connectivity index (χ0v) is 16.8. The van der Waals surface area contributed by atoms with Gasteiger partial charge < -0.3 is 5.32 Å². The molecule has 0 atom stereocenters. The maximum atomic E-state index is 12.4. The van der Waals surface area contributed by atoms with Crippen molar-refractivity contribution in [3.8, 4) is 0 Å². The van der Waals surface area contributed by atoms with Crippen molar-refractivity contribution in [2.24, 2.45) is 0 Å². The standard InChI is InChI=1S/C21H30N6O/c1-15-17-10-6-7-11-18(17)24-20(23-15)12-13-22-21(28)19-14-27(26-25-19)16-8-4-2-3-5-9-16/h14,16H,2-13H2,1H3,(H,22,28). The number of amides is 1. The Balaban J connectivity index is 1.32. The monoisotopic (exact) mass is 382 g/mol. The molecular formula is C21H30N6O. The lowest BCUT2D eigenvalue weighted by molar-refractivity contribution is 0.0949. The number of aromatic nitrogens is 5. The van der Waals surface area contributed by atoms with Crippen LogP contribution in [0, 0.1) is 6.92 Å². The fourth-order valence-electron chi connectivity index (χ4n) is 4.42. The van der Waals surface area contributed by atoms with Crippen molar-refractivity contribution in [1.82, 2.24) is 30.3 Å². The number of carbonyl (C=O) groups excluding carboxylic acids is 1. The molecule has 150 valence electrons. The van der Waals surface area contributed by atoms with E-state index in [1.54, 1.807) is 6.20 Å². The Morgan fingerprint density at radius 1 is 1.11 bits per heavy atom. The topological polar surface area (TPSA) is 85.6 Å². The minimum Gasteiger partial charge on any atom is -0.350 e. The Hall–Kier alpha value is -2.31. The number of fused-ring (bicyclic) bond motifs is 1. The predicted molar refractivity (Wildman–Crippen MR) is 106 cm³/mol. The van der Waals surface area contributed by atoms with Gasteiger partial charge in [0.05, 0.1) is 12.2 Å². The van der Waals surface area contributed by atoms with Gasteiger partial charge in [0.1, 0.15) is 5.82 Å². The summed E-state index contributed by atoms with van der Waals surface area (Å²) >= 11 is 0. The Bertz CT molecular complexity index is 822. The highest BCUT2D eigenvalue weighted by atomic mass is 16.2. The van der Waals surface area contributed by atoms with Gasteiger partial charge in [0.15, 0.2) is 5.69 Å². The normalized spacial score (nSPS) is 17.8. The molecule has 0 unspecified atom stereocenters. The molecule has 7 nitrogen and oxygen atoms in total. The summed E-state index contributed by atoms with van der Waals surface area (Å²) in [7, 11) is 0. The molecule has 2 heterocycles. The molecule has 0 aliphatic heterocycles. The molecule has 7 heteroatoms. The second-order valence-corrected chi connectivity index (χ2v) is 8.09. The van der Waals surface area contributed by atoms with Gasteiger partial charge >= 0.3 is 0 Å². The van der Waals surface area contributed by atoms with Gasteiger partial charge in [-0.2, -0.15) is 0 Å². The summed E-state index contributed by atoms with van der Waals surface area (Å²) < 4.78 is 1.89. The Labute approximate surface area is 166 Å². The number of nitrogens with zero attached hydrogens (tertiary/aromatic N) is 5. The molecule has 4 rings (SSSR count). The zero-order chi connectivity index (χ0) is 19.3. The summed E-state index contributed by atoms with van der Waals surface area (Å²) in [6.07, 6.45) is 14.3. The molecule has 28 heavy (non-hydrogen) atoms. The van der Waals surface area contributed by atoms with Crippen molar-refractivity contribution in [2.45, 2.75) is 83.6 Å². The SMILES string of the molecule is Cc1nc(CCNC(=O)c2cn(C3CCCCCC3)nn2)nc2c1CCCC2. The molecule has 1 saturated carbocycles. The third-order valence-corrected chi connectivity index (χ3v) is 6.01. The minimum absolute atomic E-state index is 0.172. The molecule has 1 N–H and O–H groups in total. The molecule has 0 bridgehead atoms. The van der Waals surface area contributed by atoms with Crippen molar-refractivity contribution < 1.29 is 4.79 Å². The second-order valence-electron chi connectivity index (χ2n) is 8.09. The van der Waals surface area contributed by atoms with Crippen LogP contribution in [0.1, 0.15) is 90.7 Å². The summed E-state index contributed by atoms with van der Waals surface area (Å²) in [6, 6.07) is 0.378. The lowest BCUT2D eigenvalue weighted by Crippen LogP contribution is -2.27. The molecular weight excluding hydrogens is 352 g/mol. The van der Waals surface area contributed by atoms with E-state index in [1.165, 1.54) is 49.8 Å². The van der Waals surface area contributed by atoms with Crippen LogP contribution in [0.2, 0.25) is 0 Å². The quantitative estimate of drug-likeness (QED) is 0.803. The van der Waals surface area contributed by atoms with E-state index in [1.807, 2.05) is 4.68 Å². The third-order valence-electron chi connectivity index (χ3n) is 6.01. The highest BCUT2D eigenvalue weighted by Crippen LogP contribution is 2.26. The summed E-state index contributed by atoms with van der Waals surface area (Å²) in [5.74, 6) is 0.648. The van der Waals surface area contributed by atoms with Crippen LogP contribution in [-0.2, 0) is 19.3 Å². The first-order valence-electron chi connectivity index (χ1n) is 10.8. The minimum atomic E-state index is -0.172. The highest BCUT2D eigenvalue weighted by Gasteiger charge is 2.19. The summed E-state index contributed by atoms with van der Waals surface area (Å²) in [4.78, 5) is 21.8. The third kappa shape index (κ3) is 4.39. The maximum absolute atomic E-state index is 12.4. The fourth-order valence-corrected chi connectivity index (χ4v) is 4.42. The lowest BCUT2D eigenvalue weighted by Gasteiger charge is -2.17. The van der Waals surface area contributed by atoms with Crippen LogP contribution in [0.25, 0.3) is 0 Å². The van der Waals surface area contributed by atoms with Gasteiger partial charge in [-0.25, -0.2) is 14.6 Å². The van der Waals surface area contributed by atoms with Crippen LogP contribution in [0.5, 0.6) is 0 Å². The van der Waals surface area contributed by atoms with E-state index >= 15 is 0 Å². The van der Waals surface area contributed by atoms with Crippen molar-refractivity contribution in [3.05, 3.63) is 34.7 Å². The van der Waals surface area contributed by atoms with Crippen LogP contribution in [0.4, 0.5) is 0 Å². The van der Waals surface area contributed by atoms with E-state index in [9.17, 15) is 4.79 Å². The number of hydrogen-bond acceptors (Lipinski definition) is 5. The van der Waals surface area contributed by atoms with Crippen LogP contribution in [0.3, 0.4) is 0 Å². The zero-order valence-electron chi connectivity index (χ0n) is 16.8. The van der Waals surface area contributed by atoms with Crippen molar-refractivity contribution in [3.63, 3.8) is 0 Å². The molecule has 0 aromatic carbocycles. The summed E-state index contributed by atoms with van der Waals surface area (Å²) in [6.45, 7) is 2.58. The van der Waals surface area contributed by atoms with Gasteiger partial charge in [0.2, 0.25) is 0 Å². The number of carbonyl (C=O) groups is 1. The van der Waals surface area contributed by atoms with Crippen LogP contribution >= 0.6 is 0 Å². The molecule has 2 aliphatic rings. The van der Waals surface area contributed by atoms with Crippen molar-refractivity contribution in [2.75, 3.05) is 6.54 Å². The first kappa shape index (κ1) is 19.0. The van der Waals surface area contributed by atoms with Crippen molar-refractivity contribution >= 4 is 5.91 Å². The van der Waals surface area contributed by atoms with Crippen LogP contribution in [-0.4, -0.2) is 37.4 Å². The lowest BCUT2D eigenvalue weighted by atomic mass is 9.95. The molecule has 0 radical (unpaired) electrons. The number of nitrogens with one attached hydrogen (secondary N) is 1. The summed E-state index contributed by atoms with van der Waals surface area (Å²) in [5, 5.41) is 11.2. The molecule has 0 saturated heterocycles. The largest absolute Gasteiger partial charge is 0.350 e. The number of rotatable bonds is 5. The van der Waals surface area contributed by atoms with E-state index in [2.05, 4.69) is 27.5 Å². The Morgan fingerprint density at radius 2 is 1.89 bits per heavy atom.